The van der Waals surface area contributed by atoms with Crippen molar-refractivity contribution >= 4 is 11.8 Å². The van der Waals surface area contributed by atoms with Crippen molar-refractivity contribution in [3.05, 3.63) is 41.0 Å². The number of nitrogens with one attached hydrogen (secondary N) is 3. The van der Waals surface area contributed by atoms with Crippen molar-refractivity contribution in [1.29, 1.82) is 0 Å². The van der Waals surface area contributed by atoms with Gasteiger partial charge in [0.2, 0.25) is 0 Å². The van der Waals surface area contributed by atoms with Crippen LogP contribution in [-0.4, -0.2) is 55.7 Å². The molecule has 8 heteroatoms. The second-order valence-corrected chi connectivity index (χ2v) is 7.07. The molecule has 0 bridgehead atoms. The van der Waals surface area contributed by atoms with E-state index in [0.717, 1.165) is 36.9 Å². The highest BCUT2D eigenvalue weighted by Gasteiger charge is 2.29. The van der Waals surface area contributed by atoms with Gasteiger partial charge in [0.15, 0.2) is 5.69 Å². The maximum absolute atomic E-state index is 12.6. The van der Waals surface area contributed by atoms with Gasteiger partial charge in [-0.25, -0.2) is 0 Å². The predicted octanol–water partition coefficient (Wildman–Crippen LogP) is 0.970. The van der Waals surface area contributed by atoms with E-state index in [2.05, 4.69) is 20.5 Å². The summed E-state index contributed by atoms with van der Waals surface area (Å²) in [5, 5.41) is 19.7. The average Bonchev–Trinajstić information content (AvgIpc) is 3.32. The molecule has 0 atom stereocenters. The van der Waals surface area contributed by atoms with Gasteiger partial charge in [-0.3, -0.25) is 14.7 Å². The van der Waals surface area contributed by atoms with E-state index < -0.39 is 0 Å². The summed E-state index contributed by atoms with van der Waals surface area (Å²) in [4.78, 5) is 29.7. The monoisotopic (exact) mass is 357 g/mol. The molecular weight excluding hydrogens is 334 g/mol. The Balaban J connectivity index is 1.42. The third-order valence-corrected chi connectivity index (χ3v) is 5.30. The molecule has 2 aromatic heterocycles. The van der Waals surface area contributed by atoms with Crippen LogP contribution in [0.3, 0.4) is 0 Å². The van der Waals surface area contributed by atoms with Crippen LogP contribution >= 0.6 is 0 Å². The minimum absolute atomic E-state index is 0.0537. The fourth-order valence-electron chi connectivity index (χ4n) is 3.79. The SMILES string of the molecule is O=C(NC1CCC(O)CC1)c1n[nH]c2c1CCN(C(=O)c1ccc[nH]1)C2. The lowest BCUT2D eigenvalue weighted by Gasteiger charge is -2.27. The maximum Gasteiger partial charge on any atom is 0.272 e. The highest BCUT2D eigenvalue weighted by molar-refractivity contribution is 5.95. The van der Waals surface area contributed by atoms with E-state index in [1.165, 1.54) is 0 Å². The molecule has 0 spiro atoms. The Bertz CT molecular complexity index is 790. The Morgan fingerprint density at radius 2 is 2.08 bits per heavy atom. The summed E-state index contributed by atoms with van der Waals surface area (Å²) >= 11 is 0. The third-order valence-electron chi connectivity index (χ3n) is 5.30. The van der Waals surface area contributed by atoms with Crippen LogP contribution in [0.2, 0.25) is 0 Å². The minimum atomic E-state index is -0.246. The van der Waals surface area contributed by atoms with Gasteiger partial charge in [-0.15, -0.1) is 0 Å². The van der Waals surface area contributed by atoms with Gasteiger partial charge in [0.25, 0.3) is 11.8 Å². The molecule has 1 aliphatic heterocycles. The molecule has 2 aromatic rings. The first kappa shape index (κ1) is 16.8. The summed E-state index contributed by atoms with van der Waals surface area (Å²) < 4.78 is 0. The van der Waals surface area contributed by atoms with Gasteiger partial charge in [0.1, 0.15) is 5.69 Å². The van der Waals surface area contributed by atoms with Crippen LogP contribution in [0.15, 0.2) is 18.3 Å². The van der Waals surface area contributed by atoms with Gasteiger partial charge < -0.3 is 20.3 Å². The number of rotatable bonds is 3. The zero-order valence-corrected chi connectivity index (χ0v) is 14.5. The summed E-state index contributed by atoms with van der Waals surface area (Å²) in [5.41, 5.74) is 2.71. The van der Waals surface area contributed by atoms with Crippen LogP contribution in [0, 0.1) is 0 Å². The Labute approximate surface area is 151 Å². The zero-order chi connectivity index (χ0) is 18.1. The average molecular weight is 357 g/mol. The zero-order valence-electron chi connectivity index (χ0n) is 14.5. The molecule has 8 nitrogen and oxygen atoms in total. The first-order valence-corrected chi connectivity index (χ1v) is 9.09. The second-order valence-electron chi connectivity index (χ2n) is 7.07. The summed E-state index contributed by atoms with van der Waals surface area (Å²) in [5.74, 6) is -0.227. The largest absolute Gasteiger partial charge is 0.393 e. The third kappa shape index (κ3) is 3.24. The maximum atomic E-state index is 12.6. The fourth-order valence-corrected chi connectivity index (χ4v) is 3.79. The molecule has 1 fully saturated rings. The van der Waals surface area contributed by atoms with E-state index in [9.17, 15) is 14.7 Å². The van der Waals surface area contributed by atoms with Crippen LogP contribution in [0.25, 0.3) is 0 Å². The molecular formula is C18H23N5O3. The smallest absolute Gasteiger partial charge is 0.272 e. The number of aromatic nitrogens is 3. The van der Waals surface area contributed by atoms with E-state index in [0.29, 0.717) is 30.9 Å². The highest BCUT2D eigenvalue weighted by atomic mass is 16.3. The Hall–Kier alpha value is -2.61. The molecule has 4 N–H and O–H groups in total. The number of nitrogens with zero attached hydrogens (tertiary/aromatic N) is 2. The number of amides is 2. The first-order valence-electron chi connectivity index (χ1n) is 9.09. The summed E-state index contributed by atoms with van der Waals surface area (Å²) in [6.45, 7) is 0.976. The number of hydrogen-bond acceptors (Lipinski definition) is 4. The lowest BCUT2D eigenvalue weighted by Crippen LogP contribution is -2.40. The molecule has 138 valence electrons. The standard InChI is InChI=1S/C18H23N5O3/c24-12-5-3-11(4-6-12)20-17(25)16-13-7-9-23(10-15(13)21-22-16)18(26)14-2-1-8-19-14/h1-2,8,11-12,19,24H,3-7,9-10H2,(H,20,25)(H,21,22). The number of H-pyrrole nitrogens is 2. The van der Waals surface area contributed by atoms with Crippen LogP contribution in [0.1, 0.15) is 57.9 Å². The van der Waals surface area contributed by atoms with Gasteiger partial charge in [-0.2, -0.15) is 5.10 Å². The van der Waals surface area contributed by atoms with E-state index in [4.69, 9.17) is 0 Å². The van der Waals surface area contributed by atoms with Crippen LogP contribution < -0.4 is 5.32 Å². The summed E-state index contributed by atoms with van der Waals surface area (Å²) in [7, 11) is 0. The molecule has 3 heterocycles. The first-order chi connectivity index (χ1) is 12.6. The number of fused-ring (bicyclic) bond motifs is 1. The van der Waals surface area contributed by atoms with Crippen molar-refractivity contribution in [2.45, 2.75) is 50.8 Å². The number of carbonyl (C=O) groups is 2. The second kappa shape index (κ2) is 6.95. The van der Waals surface area contributed by atoms with E-state index in [1.54, 1.807) is 23.2 Å². The number of aromatic amines is 2. The Kier molecular flexibility index (Phi) is 4.50. The fraction of sp³-hybridized carbons (Fsp3) is 0.500. The Morgan fingerprint density at radius 3 is 2.81 bits per heavy atom. The van der Waals surface area contributed by atoms with Crippen molar-refractivity contribution < 1.29 is 14.7 Å². The topological polar surface area (TPSA) is 114 Å². The molecule has 1 aliphatic carbocycles. The van der Waals surface area contributed by atoms with Crippen LogP contribution in [-0.2, 0) is 13.0 Å². The normalized spacial score (nSPS) is 22.7. The van der Waals surface area contributed by atoms with Crippen LogP contribution in [0.5, 0.6) is 0 Å². The van der Waals surface area contributed by atoms with E-state index in [1.807, 2.05) is 0 Å². The van der Waals surface area contributed by atoms with Gasteiger partial charge in [-0.05, 0) is 44.2 Å². The van der Waals surface area contributed by atoms with Crippen molar-refractivity contribution in [1.82, 2.24) is 25.4 Å². The molecule has 2 amide bonds. The van der Waals surface area contributed by atoms with Crippen molar-refractivity contribution in [3.63, 3.8) is 0 Å². The predicted molar refractivity (Wildman–Crippen MR) is 93.6 cm³/mol. The van der Waals surface area contributed by atoms with Gasteiger partial charge in [-0.1, -0.05) is 0 Å². The van der Waals surface area contributed by atoms with E-state index in [-0.39, 0.29) is 24.0 Å². The van der Waals surface area contributed by atoms with Gasteiger partial charge in [0.05, 0.1) is 18.3 Å². The summed E-state index contributed by atoms with van der Waals surface area (Å²) in [6, 6.07) is 3.64. The molecule has 1 saturated carbocycles. The molecule has 2 aliphatic rings. The molecule has 0 saturated heterocycles. The van der Waals surface area contributed by atoms with Gasteiger partial charge in [0, 0.05) is 24.3 Å². The molecule has 0 aromatic carbocycles. The van der Waals surface area contributed by atoms with E-state index >= 15 is 0 Å². The number of carbonyl (C=O) groups excluding carboxylic acids is 2. The van der Waals surface area contributed by atoms with Crippen LogP contribution in [0.4, 0.5) is 0 Å². The molecule has 4 rings (SSSR count). The molecule has 0 radical (unpaired) electrons. The lowest BCUT2D eigenvalue weighted by molar-refractivity contribution is 0.0727. The minimum Gasteiger partial charge on any atom is -0.393 e. The van der Waals surface area contributed by atoms with Crippen molar-refractivity contribution in [3.8, 4) is 0 Å². The lowest BCUT2D eigenvalue weighted by atomic mass is 9.93. The molecule has 26 heavy (non-hydrogen) atoms. The molecule has 0 unspecified atom stereocenters. The quantitative estimate of drug-likeness (QED) is 0.655. The van der Waals surface area contributed by atoms with Gasteiger partial charge >= 0.3 is 0 Å². The highest BCUT2D eigenvalue weighted by Crippen LogP contribution is 2.23. The summed E-state index contributed by atoms with van der Waals surface area (Å²) in [6.07, 6.45) is 5.11. The Morgan fingerprint density at radius 1 is 1.27 bits per heavy atom. The van der Waals surface area contributed by atoms with Crippen molar-refractivity contribution in [2.24, 2.45) is 0 Å². The number of hydrogen-bond donors (Lipinski definition) is 4. The number of aliphatic hydroxyl groups is 1. The van der Waals surface area contributed by atoms with Crippen molar-refractivity contribution in [2.75, 3.05) is 6.54 Å². The number of aliphatic hydroxyl groups excluding tert-OH is 1.